The van der Waals surface area contributed by atoms with Gasteiger partial charge in [-0.05, 0) is 29.8 Å². The van der Waals surface area contributed by atoms with E-state index in [2.05, 4.69) is 0 Å². The molecule has 0 unspecified atom stereocenters. The molecule has 0 fully saturated rings. The molecule has 96 valence electrons. The summed E-state index contributed by atoms with van der Waals surface area (Å²) >= 11 is 1.64. The molecule has 0 aliphatic rings. The summed E-state index contributed by atoms with van der Waals surface area (Å²) in [5.41, 5.74) is 2.02. The lowest BCUT2D eigenvalue weighted by atomic mass is 10.1. The van der Waals surface area contributed by atoms with E-state index in [0.29, 0.717) is 11.1 Å². The number of carboxylic acids is 1. The molecule has 2 aromatic rings. The summed E-state index contributed by atoms with van der Waals surface area (Å²) in [5, 5.41) is 8.80. The molecule has 0 spiro atoms. The summed E-state index contributed by atoms with van der Waals surface area (Å²) in [4.78, 5) is 22.3. The van der Waals surface area contributed by atoms with E-state index in [0.717, 1.165) is 22.5 Å². The highest BCUT2D eigenvalue weighted by Crippen LogP contribution is 2.23. The maximum Gasteiger partial charge on any atom is 0.335 e. The van der Waals surface area contributed by atoms with Crippen molar-refractivity contribution < 1.29 is 14.7 Å². The zero-order valence-electron chi connectivity index (χ0n) is 10.1. The molecule has 19 heavy (non-hydrogen) atoms. The second-order valence-electron chi connectivity index (χ2n) is 3.98. The predicted octanol–water partition coefficient (Wildman–Crippen LogP) is 3.49. The quantitative estimate of drug-likeness (QED) is 0.668. The average Bonchev–Trinajstić information content (AvgIpc) is 2.46. The first-order valence-corrected chi connectivity index (χ1v) is 6.68. The first-order valence-electron chi connectivity index (χ1n) is 5.69. The summed E-state index contributed by atoms with van der Waals surface area (Å²) < 4.78 is 0. The standard InChI is InChI=1S/C15H12O3S/c16-9-11-3-7-14(8-4-11)19-10-12-1-5-13(6-2-12)15(17)18/h1-9H,10H2,(H,17,18). The Hall–Kier alpha value is -2.07. The second kappa shape index (κ2) is 6.20. The third-order valence-electron chi connectivity index (χ3n) is 2.62. The van der Waals surface area contributed by atoms with Gasteiger partial charge in [-0.2, -0.15) is 0 Å². The molecule has 0 bridgehead atoms. The van der Waals surface area contributed by atoms with E-state index >= 15 is 0 Å². The van der Waals surface area contributed by atoms with E-state index in [1.54, 1.807) is 36.0 Å². The third-order valence-corrected chi connectivity index (χ3v) is 3.71. The SMILES string of the molecule is O=Cc1ccc(SCc2ccc(C(=O)O)cc2)cc1. The van der Waals surface area contributed by atoms with Crippen LogP contribution in [0, 0.1) is 0 Å². The van der Waals surface area contributed by atoms with Crippen molar-refractivity contribution in [1.29, 1.82) is 0 Å². The molecule has 0 saturated carbocycles. The Morgan fingerprint density at radius 3 is 2.21 bits per heavy atom. The molecule has 0 aliphatic heterocycles. The Labute approximate surface area is 115 Å². The number of aldehydes is 1. The molecule has 0 saturated heterocycles. The smallest absolute Gasteiger partial charge is 0.335 e. The van der Waals surface area contributed by atoms with E-state index in [1.807, 2.05) is 24.3 Å². The lowest BCUT2D eigenvalue weighted by Gasteiger charge is -2.03. The normalized spacial score (nSPS) is 10.1. The summed E-state index contributed by atoms with van der Waals surface area (Å²) in [6.07, 6.45) is 0.819. The van der Waals surface area contributed by atoms with Crippen molar-refractivity contribution in [3.05, 3.63) is 65.2 Å². The largest absolute Gasteiger partial charge is 0.478 e. The van der Waals surface area contributed by atoms with Gasteiger partial charge in [0.15, 0.2) is 0 Å². The van der Waals surface area contributed by atoms with Gasteiger partial charge in [0.25, 0.3) is 0 Å². The monoisotopic (exact) mass is 272 g/mol. The van der Waals surface area contributed by atoms with E-state index < -0.39 is 5.97 Å². The summed E-state index contributed by atoms with van der Waals surface area (Å²) in [7, 11) is 0. The third kappa shape index (κ3) is 3.69. The van der Waals surface area contributed by atoms with Crippen LogP contribution in [0.3, 0.4) is 0 Å². The number of hydrogen-bond acceptors (Lipinski definition) is 3. The van der Waals surface area contributed by atoms with Crippen LogP contribution in [0.5, 0.6) is 0 Å². The summed E-state index contributed by atoms with van der Waals surface area (Å²) in [6.45, 7) is 0. The maximum absolute atomic E-state index is 10.7. The van der Waals surface area contributed by atoms with Crippen molar-refractivity contribution in [3.8, 4) is 0 Å². The Balaban J connectivity index is 1.97. The van der Waals surface area contributed by atoms with Crippen molar-refractivity contribution in [2.45, 2.75) is 10.6 Å². The van der Waals surface area contributed by atoms with Crippen LogP contribution in [0.1, 0.15) is 26.3 Å². The van der Waals surface area contributed by atoms with E-state index in [9.17, 15) is 9.59 Å². The van der Waals surface area contributed by atoms with Gasteiger partial charge in [-0.3, -0.25) is 4.79 Å². The summed E-state index contributed by atoms with van der Waals surface area (Å²) in [5.74, 6) is -0.149. The molecule has 2 aromatic carbocycles. The Morgan fingerprint density at radius 1 is 1.05 bits per heavy atom. The molecule has 0 atom stereocenters. The number of thioether (sulfide) groups is 1. The van der Waals surface area contributed by atoms with Gasteiger partial charge in [-0.25, -0.2) is 4.79 Å². The van der Waals surface area contributed by atoms with Crippen molar-refractivity contribution >= 4 is 24.0 Å². The van der Waals surface area contributed by atoms with Crippen molar-refractivity contribution in [3.63, 3.8) is 0 Å². The minimum atomic E-state index is -0.913. The van der Waals surface area contributed by atoms with Crippen molar-refractivity contribution in [2.24, 2.45) is 0 Å². The van der Waals surface area contributed by atoms with E-state index in [-0.39, 0.29) is 0 Å². The van der Waals surface area contributed by atoms with Crippen LogP contribution < -0.4 is 0 Å². The zero-order valence-corrected chi connectivity index (χ0v) is 10.9. The fourth-order valence-electron chi connectivity index (χ4n) is 1.55. The van der Waals surface area contributed by atoms with Crippen molar-refractivity contribution in [1.82, 2.24) is 0 Å². The van der Waals surface area contributed by atoms with E-state index in [1.165, 1.54) is 0 Å². The molecule has 0 aromatic heterocycles. The highest BCUT2D eigenvalue weighted by molar-refractivity contribution is 7.98. The minimum absolute atomic E-state index is 0.295. The van der Waals surface area contributed by atoms with Gasteiger partial charge in [0, 0.05) is 16.2 Å². The number of carbonyl (C=O) groups is 2. The van der Waals surface area contributed by atoms with Gasteiger partial charge in [0.2, 0.25) is 0 Å². The molecular weight excluding hydrogens is 260 g/mol. The fourth-order valence-corrected chi connectivity index (χ4v) is 2.41. The second-order valence-corrected chi connectivity index (χ2v) is 5.03. The average molecular weight is 272 g/mol. The molecule has 0 radical (unpaired) electrons. The van der Waals surface area contributed by atoms with Crippen LogP contribution in [0.25, 0.3) is 0 Å². The Bertz CT molecular complexity index is 573. The number of aromatic carboxylic acids is 1. The van der Waals surface area contributed by atoms with Crippen LogP contribution in [0.2, 0.25) is 0 Å². The predicted molar refractivity (Wildman–Crippen MR) is 74.8 cm³/mol. The number of carboxylic acid groups (broad SMARTS) is 1. The van der Waals surface area contributed by atoms with Crippen LogP contribution in [0.15, 0.2) is 53.4 Å². The number of benzene rings is 2. The maximum atomic E-state index is 10.7. The lowest BCUT2D eigenvalue weighted by molar-refractivity contribution is 0.0696. The molecule has 3 nitrogen and oxygen atoms in total. The van der Waals surface area contributed by atoms with Gasteiger partial charge >= 0.3 is 5.97 Å². The lowest BCUT2D eigenvalue weighted by Crippen LogP contribution is -1.95. The molecule has 0 heterocycles. The van der Waals surface area contributed by atoms with Crippen LogP contribution in [0.4, 0.5) is 0 Å². The molecule has 1 N–H and O–H groups in total. The number of rotatable bonds is 5. The first kappa shape index (κ1) is 13.4. The molecule has 4 heteroatoms. The topological polar surface area (TPSA) is 54.4 Å². The van der Waals surface area contributed by atoms with Crippen LogP contribution in [-0.4, -0.2) is 17.4 Å². The summed E-state index contributed by atoms with van der Waals surface area (Å²) in [6, 6.07) is 14.2. The zero-order chi connectivity index (χ0) is 13.7. The highest BCUT2D eigenvalue weighted by Gasteiger charge is 2.02. The van der Waals surface area contributed by atoms with Gasteiger partial charge in [-0.15, -0.1) is 11.8 Å². The van der Waals surface area contributed by atoms with Gasteiger partial charge in [0.05, 0.1) is 5.56 Å². The van der Waals surface area contributed by atoms with Gasteiger partial charge in [0.1, 0.15) is 6.29 Å². The number of hydrogen-bond donors (Lipinski definition) is 1. The fraction of sp³-hybridized carbons (Fsp3) is 0.0667. The molecule has 0 aliphatic carbocycles. The Kier molecular flexibility index (Phi) is 4.36. The van der Waals surface area contributed by atoms with Gasteiger partial charge in [-0.1, -0.05) is 24.3 Å². The minimum Gasteiger partial charge on any atom is -0.478 e. The molecular formula is C15H12O3S. The number of carbonyl (C=O) groups excluding carboxylic acids is 1. The van der Waals surface area contributed by atoms with Gasteiger partial charge < -0.3 is 5.11 Å². The highest BCUT2D eigenvalue weighted by atomic mass is 32.2. The Morgan fingerprint density at radius 2 is 1.68 bits per heavy atom. The molecule has 0 amide bonds. The van der Waals surface area contributed by atoms with Crippen molar-refractivity contribution in [2.75, 3.05) is 0 Å². The van der Waals surface area contributed by atoms with Crippen LogP contribution >= 0.6 is 11.8 Å². The van der Waals surface area contributed by atoms with E-state index in [4.69, 9.17) is 5.11 Å². The first-order chi connectivity index (χ1) is 9.19. The molecule has 2 rings (SSSR count). The van der Waals surface area contributed by atoms with Crippen LogP contribution in [-0.2, 0) is 5.75 Å².